The average molecular weight is 378 g/mol. The maximum Gasteiger partial charge on any atom is 0.246 e. The molecule has 8 nitrogen and oxygen atoms in total. The SMILES string of the molecule is NC(=O)C1CN2C[C@@]1(C(N)=O)N(c1ccccn1)c1nc(C3CCC3)ccc12. The molecule has 1 saturated carbocycles. The van der Waals surface area contributed by atoms with Crippen LogP contribution in [-0.2, 0) is 9.59 Å². The Labute approximate surface area is 162 Å². The van der Waals surface area contributed by atoms with E-state index in [1.165, 1.54) is 6.42 Å². The van der Waals surface area contributed by atoms with Crippen LogP contribution in [-0.4, -0.2) is 40.4 Å². The number of primary amides is 2. The lowest BCUT2D eigenvalue weighted by molar-refractivity contribution is -0.130. The van der Waals surface area contributed by atoms with Crippen molar-refractivity contribution in [3.63, 3.8) is 0 Å². The van der Waals surface area contributed by atoms with E-state index in [4.69, 9.17) is 16.5 Å². The number of carbonyl (C=O) groups is 2. The topological polar surface area (TPSA) is 118 Å². The predicted molar refractivity (Wildman–Crippen MR) is 104 cm³/mol. The molecular formula is C20H22N6O2. The number of rotatable bonds is 4. The number of aromatic nitrogens is 2. The lowest BCUT2D eigenvalue weighted by atomic mass is 9.82. The van der Waals surface area contributed by atoms with Gasteiger partial charge in [-0.2, -0.15) is 0 Å². The summed E-state index contributed by atoms with van der Waals surface area (Å²) in [6.07, 6.45) is 5.09. The predicted octanol–water partition coefficient (Wildman–Crippen LogP) is 1.04. The molecule has 0 aromatic carbocycles. The summed E-state index contributed by atoms with van der Waals surface area (Å²) in [6.45, 7) is 0.614. The molecular weight excluding hydrogens is 356 g/mol. The van der Waals surface area contributed by atoms with Crippen molar-refractivity contribution in [2.24, 2.45) is 17.4 Å². The molecule has 2 amide bonds. The van der Waals surface area contributed by atoms with E-state index in [9.17, 15) is 9.59 Å². The average Bonchev–Trinajstić information content (AvgIpc) is 2.99. The van der Waals surface area contributed by atoms with Crippen molar-refractivity contribution in [2.75, 3.05) is 22.9 Å². The standard InChI is InChI=1S/C20H22N6O2/c21-17(27)13-10-25-11-20(13,19(22)28)26(16-6-1-2-9-23-16)18-15(25)8-7-14(24-18)12-4-3-5-12/h1-2,6-9,12-13H,3-5,10-11H2,(H2,21,27)(H2,22,28)/t13?,20-/m1/s1. The zero-order valence-corrected chi connectivity index (χ0v) is 15.4. The summed E-state index contributed by atoms with van der Waals surface area (Å²) in [7, 11) is 0. The van der Waals surface area contributed by atoms with E-state index in [2.05, 4.69) is 4.98 Å². The molecule has 0 spiro atoms. The molecule has 1 unspecified atom stereocenters. The van der Waals surface area contributed by atoms with E-state index in [1.54, 1.807) is 23.2 Å². The Kier molecular flexibility index (Phi) is 3.59. The fourth-order valence-corrected chi connectivity index (χ4v) is 4.72. The van der Waals surface area contributed by atoms with E-state index >= 15 is 0 Å². The molecule has 144 valence electrons. The Morgan fingerprint density at radius 1 is 1.14 bits per heavy atom. The number of hydrogen-bond donors (Lipinski definition) is 2. The van der Waals surface area contributed by atoms with E-state index in [-0.39, 0.29) is 6.54 Å². The van der Waals surface area contributed by atoms with Crippen molar-refractivity contribution >= 4 is 29.1 Å². The maximum atomic E-state index is 12.8. The first kappa shape index (κ1) is 17.0. The van der Waals surface area contributed by atoms with Crippen LogP contribution < -0.4 is 21.3 Å². The molecule has 8 heteroatoms. The first-order valence-electron chi connectivity index (χ1n) is 9.59. The summed E-state index contributed by atoms with van der Waals surface area (Å²) < 4.78 is 0. The number of amides is 2. The molecule has 2 atom stereocenters. The molecule has 0 radical (unpaired) electrons. The molecule has 3 aliphatic rings. The highest BCUT2D eigenvalue weighted by Crippen LogP contribution is 2.51. The second-order valence-corrected chi connectivity index (χ2v) is 7.85. The van der Waals surface area contributed by atoms with Crippen LogP contribution in [0.15, 0.2) is 36.5 Å². The number of nitrogens with two attached hydrogens (primary N) is 2. The summed E-state index contributed by atoms with van der Waals surface area (Å²) in [5.74, 6) is -0.305. The van der Waals surface area contributed by atoms with Crippen molar-refractivity contribution in [3.05, 3.63) is 42.2 Å². The number of pyridine rings is 2. The first-order valence-corrected chi connectivity index (χ1v) is 9.59. The highest BCUT2D eigenvalue weighted by molar-refractivity contribution is 6.02. The zero-order valence-electron chi connectivity index (χ0n) is 15.4. The minimum Gasteiger partial charge on any atom is -0.369 e. The largest absolute Gasteiger partial charge is 0.369 e. The van der Waals surface area contributed by atoms with Gasteiger partial charge in [-0.25, -0.2) is 9.97 Å². The molecule has 28 heavy (non-hydrogen) atoms. The minimum absolute atomic E-state index is 0.282. The smallest absolute Gasteiger partial charge is 0.246 e. The van der Waals surface area contributed by atoms with Gasteiger partial charge in [0.25, 0.3) is 0 Å². The lowest BCUT2D eigenvalue weighted by Crippen LogP contribution is -2.65. The van der Waals surface area contributed by atoms with Crippen molar-refractivity contribution in [1.82, 2.24) is 9.97 Å². The van der Waals surface area contributed by atoms with Gasteiger partial charge in [0.05, 0.1) is 18.2 Å². The van der Waals surface area contributed by atoms with Crippen molar-refractivity contribution in [1.29, 1.82) is 0 Å². The van der Waals surface area contributed by atoms with Gasteiger partial charge in [0.2, 0.25) is 11.8 Å². The van der Waals surface area contributed by atoms with Gasteiger partial charge in [-0.1, -0.05) is 12.5 Å². The molecule has 5 rings (SSSR count). The quantitative estimate of drug-likeness (QED) is 0.821. The van der Waals surface area contributed by atoms with Crippen LogP contribution in [0.1, 0.15) is 30.9 Å². The highest BCUT2D eigenvalue weighted by atomic mass is 16.2. The molecule has 4 heterocycles. The van der Waals surface area contributed by atoms with Gasteiger partial charge in [-0.3, -0.25) is 14.5 Å². The minimum atomic E-state index is -1.31. The third-order valence-electron chi connectivity index (χ3n) is 6.41. The van der Waals surface area contributed by atoms with Gasteiger partial charge < -0.3 is 16.4 Å². The molecule has 2 bridgehead atoms. The summed E-state index contributed by atoms with van der Waals surface area (Å²) in [4.78, 5) is 38.3. The Bertz CT molecular complexity index is 960. The van der Waals surface area contributed by atoms with Crippen molar-refractivity contribution in [2.45, 2.75) is 30.7 Å². The fraction of sp³-hybridized carbons (Fsp3) is 0.400. The number of hydrogen-bond acceptors (Lipinski definition) is 6. The number of fused-ring (bicyclic) bond motifs is 4. The van der Waals surface area contributed by atoms with Gasteiger partial charge >= 0.3 is 0 Å². The van der Waals surface area contributed by atoms with E-state index in [0.29, 0.717) is 24.1 Å². The Morgan fingerprint density at radius 3 is 2.57 bits per heavy atom. The summed E-state index contributed by atoms with van der Waals surface area (Å²) >= 11 is 0. The molecule has 1 aliphatic carbocycles. The number of nitrogens with zero attached hydrogens (tertiary/aromatic N) is 4. The second kappa shape index (κ2) is 5.92. The molecule has 2 aromatic rings. The van der Waals surface area contributed by atoms with Gasteiger partial charge in [0, 0.05) is 24.4 Å². The number of carbonyl (C=O) groups excluding carboxylic acids is 2. The number of anilines is 3. The van der Waals surface area contributed by atoms with Gasteiger partial charge in [0.15, 0.2) is 11.4 Å². The van der Waals surface area contributed by atoms with Gasteiger partial charge in [-0.15, -0.1) is 0 Å². The van der Waals surface area contributed by atoms with Gasteiger partial charge in [0.1, 0.15) is 5.82 Å². The maximum absolute atomic E-state index is 12.8. The van der Waals surface area contributed by atoms with E-state index < -0.39 is 23.3 Å². The highest BCUT2D eigenvalue weighted by Gasteiger charge is 2.62. The molecule has 2 aliphatic heterocycles. The molecule has 1 saturated heterocycles. The Balaban J connectivity index is 1.76. The molecule has 4 N–H and O–H groups in total. The third-order valence-corrected chi connectivity index (χ3v) is 6.41. The molecule has 2 fully saturated rings. The van der Waals surface area contributed by atoms with Crippen LogP contribution in [0.2, 0.25) is 0 Å². The first-order chi connectivity index (χ1) is 13.5. The van der Waals surface area contributed by atoms with Crippen LogP contribution in [0.25, 0.3) is 0 Å². The van der Waals surface area contributed by atoms with Crippen LogP contribution in [0.3, 0.4) is 0 Å². The monoisotopic (exact) mass is 378 g/mol. The summed E-state index contributed by atoms with van der Waals surface area (Å²) in [5, 5.41) is 0. The normalized spacial score (nSPS) is 25.9. The third kappa shape index (κ3) is 2.17. The lowest BCUT2D eigenvalue weighted by Gasteiger charge is -2.45. The zero-order chi connectivity index (χ0) is 19.5. The van der Waals surface area contributed by atoms with Gasteiger partial charge in [-0.05, 0) is 37.1 Å². The fourth-order valence-electron chi connectivity index (χ4n) is 4.72. The van der Waals surface area contributed by atoms with Crippen LogP contribution in [0.4, 0.5) is 17.3 Å². The molecule has 2 aromatic heterocycles. The van der Waals surface area contributed by atoms with E-state index in [1.807, 2.05) is 23.1 Å². The van der Waals surface area contributed by atoms with Crippen molar-refractivity contribution < 1.29 is 9.59 Å². The van der Waals surface area contributed by atoms with Crippen molar-refractivity contribution in [3.8, 4) is 0 Å². The summed E-state index contributed by atoms with van der Waals surface area (Å²) in [6, 6.07) is 9.52. The Hall–Kier alpha value is -3.16. The second-order valence-electron chi connectivity index (χ2n) is 7.85. The van der Waals surface area contributed by atoms with E-state index in [0.717, 1.165) is 24.2 Å². The van der Waals surface area contributed by atoms with Crippen LogP contribution in [0, 0.1) is 5.92 Å². The van der Waals surface area contributed by atoms with Crippen LogP contribution in [0.5, 0.6) is 0 Å². The summed E-state index contributed by atoms with van der Waals surface area (Å²) in [5.41, 5.74) is 12.2. The van der Waals surface area contributed by atoms with Crippen LogP contribution >= 0.6 is 0 Å². The Morgan fingerprint density at radius 2 is 1.96 bits per heavy atom.